The predicted octanol–water partition coefficient (Wildman–Crippen LogP) is 5.98. The SMILES string of the molecule is COc1ccc(C2(Cc3ccncc3)C(=O)N(S(=O)(=O)c3ccc(C)cc3)c3ccccc32)cc1OC1CCCC1. The normalized spacial score (nSPS) is 18.9. The first kappa shape index (κ1) is 27.0. The van der Waals surface area contributed by atoms with Gasteiger partial charge in [0.1, 0.15) is 5.41 Å². The summed E-state index contributed by atoms with van der Waals surface area (Å²) in [7, 11) is -2.62. The second kappa shape index (κ2) is 10.7. The highest BCUT2D eigenvalue weighted by molar-refractivity contribution is 7.93. The van der Waals surface area contributed by atoms with Gasteiger partial charge in [-0.3, -0.25) is 9.78 Å². The number of benzene rings is 3. The number of sulfonamides is 1. The summed E-state index contributed by atoms with van der Waals surface area (Å²) in [6, 6.07) is 22.9. The highest BCUT2D eigenvalue weighted by Crippen LogP contribution is 2.51. The van der Waals surface area contributed by atoms with E-state index in [-0.39, 0.29) is 17.4 Å². The summed E-state index contributed by atoms with van der Waals surface area (Å²) in [5.41, 5.74) is 2.05. The summed E-state index contributed by atoms with van der Waals surface area (Å²) in [4.78, 5) is 19.1. The van der Waals surface area contributed by atoms with Crippen molar-refractivity contribution in [3.05, 3.63) is 114 Å². The fourth-order valence-electron chi connectivity index (χ4n) is 6.04. The molecule has 8 heteroatoms. The fraction of sp³-hybridized carbons (Fsp3) is 0.273. The number of ether oxygens (including phenoxy) is 2. The maximum absolute atomic E-state index is 14.8. The van der Waals surface area contributed by atoms with Crippen molar-refractivity contribution < 1.29 is 22.7 Å². The summed E-state index contributed by atoms with van der Waals surface area (Å²) in [5, 5.41) is 0. The van der Waals surface area contributed by atoms with Crippen LogP contribution in [0.5, 0.6) is 11.5 Å². The molecule has 1 saturated carbocycles. The Hall–Kier alpha value is -4.17. The second-order valence-corrected chi connectivity index (χ2v) is 12.5. The van der Waals surface area contributed by atoms with Crippen LogP contribution in [-0.4, -0.2) is 32.5 Å². The first-order valence-corrected chi connectivity index (χ1v) is 15.3. The van der Waals surface area contributed by atoms with Crippen molar-refractivity contribution in [1.29, 1.82) is 0 Å². The minimum atomic E-state index is -4.22. The van der Waals surface area contributed by atoms with Crippen molar-refractivity contribution in [2.75, 3.05) is 11.4 Å². The minimum absolute atomic E-state index is 0.0611. The molecule has 1 aliphatic carbocycles. The number of pyridine rings is 1. The van der Waals surface area contributed by atoms with Crippen molar-refractivity contribution in [2.24, 2.45) is 0 Å². The highest BCUT2D eigenvalue weighted by Gasteiger charge is 2.56. The Morgan fingerprint density at radius 2 is 1.63 bits per heavy atom. The molecule has 4 aromatic rings. The number of rotatable bonds is 8. The molecule has 41 heavy (non-hydrogen) atoms. The van der Waals surface area contributed by atoms with Crippen molar-refractivity contribution in [2.45, 2.75) is 55.4 Å². The molecule has 3 aromatic carbocycles. The van der Waals surface area contributed by atoms with Crippen LogP contribution in [0.3, 0.4) is 0 Å². The van der Waals surface area contributed by atoms with E-state index in [4.69, 9.17) is 9.47 Å². The van der Waals surface area contributed by atoms with Crippen LogP contribution < -0.4 is 13.8 Å². The number of para-hydroxylation sites is 1. The number of methoxy groups -OCH3 is 1. The summed E-state index contributed by atoms with van der Waals surface area (Å²) in [6.07, 6.45) is 7.79. The molecule has 1 unspecified atom stereocenters. The summed E-state index contributed by atoms with van der Waals surface area (Å²) in [5.74, 6) is 0.590. The number of hydrogen-bond acceptors (Lipinski definition) is 6. The standard InChI is InChI=1S/C33H32N2O5S/c1-23-11-14-27(15-12-23)41(37,38)35-29-10-6-5-9-28(29)33(32(35)36,22-24-17-19-34-20-18-24)25-13-16-30(39-2)31(21-25)40-26-7-3-4-8-26/h5-6,9-21,26H,3-4,7-8,22H2,1-2H3. The van der Waals surface area contributed by atoms with E-state index in [1.54, 1.807) is 62.0 Å². The van der Waals surface area contributed by atoms with Gasteiger partial charge in [0.25, 0.3) is 15.9 Å². The molecule has 0 N–H and O–H groups in total. The molecule has 1 fully saturated rings. The monoisotopic (exact) mass is 568 g/mol. The smallest absolute Gasteiger partial charge is 0.270 e. The Morgan fingerprint density at radius 3 is 2.34 bits per heavy atom. The van der Waals surface area contributed by atoms with Gasteiger partial charge < -0.3 is 9.47 Å². The Morgan fingerprint density at radius 1 is 0.927 bits per heavy atom. The Labute approximate surface area is 240 Å². The molecule has 1 aliphatic heterocycles. The summed E-state index contributed by atoms with van der Waals surface area (Å²) in [6.45, 7) is 1.89. The van der Waals surface area contributed by atoms with Gasteiger partial charge in [0.05, 0.1) is 23.8 Å². The predicted molar refractivity (Wildman–Crippen MR) is 157 cm³/mol. The first-order valence-electron chi connectivity index (χ1n) is 13.8. The van der Waals surface area contributed by atoms with E-state index in [9.17, 15) is 13.2 Å². The number of amides is 1. The number of carbonyl (C=O) groups excluding carboxylic acids is 1. The lowest BCUT2D eigenvalue weighted by molar-refractivity contribution is -0.120. The summed E-state index contributed by atoms with van der Waals surface area (Å²) < 4.78 is 41.3. The van der Waals surface area contributed by atoms with Gasteiger partial charge in [-0.15, -0.1) is 0 Å². The number of aryl methyl sites for hydroxylation is 1. The number of fused-ring (bicyclic) bond motifs is 1. The van der Waals surface area contributed by atoms with Gasteiger partial charge in [0.15, 0.2) is 11.5 Å². The molecule has 2 heterocycles. The van der Waals surface area contributed by atoms with E-state index in [1.165, 1.54) is 0 Å². The lowest BCUT2D eigenvalue weighted by Crippen LogP contribution is -2.45. The van der Waals surface area contributed by atoms with Gasteiger partial charge in [-0.1, -0.05) is 42.0 Å². The molecule has 1 amide bonds. The van der Waals surface area contributed by atoms with E-state index >= 15 is 0 Å². The van der Waals surface area contributed by atoms with E-state index in [0.717, 1.165) is 41.1 Å². The van der Waals surface area contributed by atoms with Crippen LogP contribution in [0, 0.1) is 6.92 Å². The summed E-state index contributed by atoms with van der Waals surface area (Å²) >= 11 is 0. The number of nitrogens with zero attached hydrogens (tertiary/aromatic N) is 2. The van der Waals surface area contributed by atoms with Crippen LogP contribution in [0.2, 0.25) is 0 Å². The van der Waals surface area contributed by atoms with Crippen molar-refractivity contribution in [3.8, 4) is 11.5 Å². The van der Waals surface area contributed by atoms with E-state index in [0.29, 0.717) is 28.3 Å². The molecule has 2 aliphatic rings. The molecule has 0 saturated heterocycles. The van der Waals surface area contributed by atoms with Crippen LogP contribution in [0.15, 0.2) is 96.2 Å². The average molecular weight is 569 g/mol. The topological polar surface area (TPSA) is 85.8 Å². The highest BCUT2D eigenvalue weighted by atomic mass is 32.2. The average Bonchev–Trinajstić information content (AvgIpc) is 3.58. The van der Waals surface area contributed by atoms with Crippen LogP contribution in [0.4, 0.5) is 5.69 Å². The third kappa shape index (κ3) is 4.66. The molecule has 6 rings (SSSR count). The van der Waals surface area contributed by atoms with Gasteiger partial charge in [-0.2, -0.15) is 0 Å². The van der Waals surface area contributed by atoms with E-state index in [1.807, 2.05) is 43.3 Å². The Bertz CT molecular complexity index is 1680. The maximum Gasteiger partial charge on any atom is 0.270 e. The van der Waals surface area contributed by atoms with Crippen molar-refractivity contribution >= 4 is 21.6 Å². The number of carbonyl (C=O) groups is 1. The Kier molecular flexibility index (Phi) is 7.03. The molecule has 0 spiro atoms. The third-order valence-electron chi connectivity index (χ3n) is 8.16. The molecular weight excluding hydrogens is 536 g/mol. The van der Waals surface area contributed by atoms with E-state index < -0.39 is 21.3 Å². The quantitative estimate of drug-likeness (QED) is 0.260. The fourth-order valence-corrected chi connectivity index (χ4v) is 7.53. The van der Waals surface area contributed by atoms with Crippen molar-refractivity contribution in [3.63, 3.8) is 0 Å². The van der Waals surface area contributed by atoms with Gasteiger partial charge in [0.2, 0.25) is 0 Å². The first-order chi connectivity index (χ1) is 19.8. The largest absolute Gasteiger partial charge is 0.493 e. The molecule has 1 aromatic heterocycles. The molecule has 1 atom stereocenters. The van der Waals surface area contributed by atoms with Crippen LogP contribution in [0.1, 0.15) is 47.9 Å². The molecule has 0 radical (unpaired) electrons. The second-order valence-electron chi connectivity index (χ2n) is 10.7. The van der Waals surface area contributed by atoms with Gasteiger partial charge >= 0.3 is 0 Å². The zero-order chi connectivity index (χ0) is 28.6. The van der Waals surface area contributed by atoms with Crippen molar-refractivity contribution in [1.82, 2.24) is 4.98 Å². The lowest BCUT2D eigenvalue weighted by atomic mass is 9.71. The zero-order valence-corrected chi connectivity index (χ0v) is 23.9. The van der Waals surface area contributed by atoms with Crippen LogP contribution in [-0.2, 0) is 26.7 Å². The number of aromatic nitrogens is 1. The Balaban J connectivity index is 1.56. The molecular formula is C33H32N2O5S. The zero-order valence-electron chi connectivity index (χ0n) is 23.1. The lowest BCUT2D eigenvalue weighted by Gasteiger charge is -2.30. The van der Waals surface area contributed by atoms with Gasteiger partial charge in [-0.05, 0) is 98.2 Å². The van der Waals surface area contributed by atoms with E-state index in [2.05, 4.69) is 4.98 Å². The molecule has 7 nitrogen and oxygen atoms in total. The molecule has 210 valence electrons. The number of anilines is 1. The maximum atomic E-state index is 14.8. The number of hydrogen-bond donors (Lipinski definition) is 0. The van der Waals surface area contributed by atoms with Crippen LogP contribution >= 0.6 is 0 Å². The van der Waals surface area contributed by atoms with Gasteiger partial charge in [0, 0.05) is 12.4 Å². The third-order valence-corrected chi connectivity index (χ3v) is 9.87. The van der Waals surface area contributed by atoms with Crippen LogP contribution in [0.25, 0.3) is 0 Å². The molecule has 0 bridgehead atoms. The minimum Gasteiger partial charge on any atom is -0.493 e. The van der Waals surface area contributed by atoms with Gasteiger partial charge in [-0.25, -0.2) is 12.7 Å².